The minimum absolute atomic E-state index is 0.0104. The van der Waals surface area contributed by atoms with Crippen molar-refractivity contribution < 1.29 is 27.5 Å². The molecule has 1 N–H and O–H groups in total. The van der Waals surface area contributed by atoms with Crippen molar-refractivity contribution in [2.45, 2.75) is 50.0 Å². The number of carbonyl (C=O) groups excluding carboxylic acids is 2. The number of morpholine rings is 1. The normalized spacial score (nSPS) is 21.6. The van der Waals surface area contributed by atoms with E-state index in [2.05, 4.69) is 16.4 Å². The van der Waals surface area contributed by atoms with Gasteiger partial charge in [-0.3, -0.25) is 9.59 Å². The summed E-state index contributed by atoms with van der Waals surface area (Å²) < 4.78 is 40.0. The molecule has 2 aliphatic carbocycles. The highest BCUT2D eigenvalue weighted by Crippen LogP contribution is 2.45. The van der Waals surface area contributed by atoms with Gasteiger partial charge in [0.2, 0.25) is 11.8 Å². The van der Waals surface area contributed by atoms with Gasteiger partial charge in [-0.15, -0.1) is 0 Å². The molecule has 0 unspecified atom stereocenters. The number of halogens is 2. The van der Waals surface area contributed by atoms with Gasteiger partial charge in [-0.2, -0.15) is 5.26 Å². The summed E-state index contributed by atoms with van der Waals surface area (Å²) in [4.78, 5) is 32.8. The van der Waals surface area contributed by atoms with Crippen molar-refractivity contribution in [3.63, 3.8) is 0 Å². The average molecular weight is 561 g/mol. The molecule has 212 valence electrons. The first-order valence-corrected chi connectivity index (χ1v) is 14.0. The maximum Gasteiger partial charge on any atom is 0.254 e. The molecule has 1 saturated heterocycles. The zero-order valence-electron chi connectivity index (χ0n) is 22.5. The molecule has 2 saturated carbocycles. The van der Waals surface area contributed by atoms with Gasteiger partial charge in [0, 0.05) is 42.1 Å². The molecule has 41 heavy (non-hydrogen) atoms. The van der Waals surface area contributed by atoms with E-state index in [4.69, 9.17) is 9.15 Å². The average Bonchev–Trinajstić information content (AvgIpc) is 3.64. The zero-order valence-corrected chi connectivity index (χ0v) is 22.5. The van der Waals surface area contributed by atoms with Gasteiger partial charge >= 0.3 is 0 Å². The van der Waals surface area contributed by atoms with Gasteiger partial charge in [0.1, 0.15) is 28.6 Å². The van der Waals surface area contributed by atoms with Crippen LogP contribution >= 0.6 is 0 Å². The lowest BCUT2D eigenvalue weighted by atomic mass is 9.76. The first-order chi connectivity index (χ1) is 19.9. The Hall–Kier alpha value is -4.10. The fourth-order valence-electron chi connectivity index (χ4n) is 5.76. The molecule has 0 spiro atoms. The molecule has 2 aromatic carbocycles. The van der Waals surface area contributed by atoms with Crippen LogP contribution in [0.25, 0.3) is 22.7 Å². The molecule has 10 heteroatoms. The number of nitrogens with one attached hydrogen (secondary N) is 1. The van der Waals surface area contributed by atoms with Crippen LogP contribution in [0, 0.1) is 28.9 Å². The number of nitrogens with zero attached hydrogens (tertiary/aromatic N) is 3. The quantitative estimate of drug-likeness (QED) is 0.444. The van der Waals surface area contributed by atoms with Gasteiger partial charge in [0.05, 0.1) is 24.8 Å². The predicted octanol–water partition coefficient (Wildman–Crippen LogP) is 5.21. The Kier molecular flexibility index (Phi) is 7.30. The molecule has 6 rings (SSSR count). The summed E-state index contributed by atoms with van der Waals surface area (Å²) in [6.07, 6.45) is 4.25. The lowest BCUT2D eigenvalue weighted by Crippen LogP contribution is -2.42. The largest absolute Gasteiger partial charge is 0.440 e. The molecule has 3 aromatic rings. The number of benzene rings is 2. The molecule has 1 aromatic heterocycles. The van der Waals surface area contributed by atoms with E-state index in [-0.39, 0.29) is 29.2 Å². The van der Waals surface area contributed by atoms with Crippen molar-refractivity contribution >= 4 is 11.8 Å². The summed E-state index contributed by atoms with van der Waals surface area (Å²) in [7, 11) is 0. The minimum atomic E-state index is -0.807. The van der Waals surface area contributed by atoms with E-state index in [1.165, 1.54) is 6.07 Å². The molecule has 3 fully saturated rings. The van der Waals surface area contributed by atoms with Crippen molar-refractivity contribution in [1.82, 2.24) is 15.2 Å². The molecule has 1 aliphatic heterocycles. The minimum Gasteiger partial charge on any atom is -0.440 e. The molecule has 3 aliphatic rings. The Bertz CT molecular complexity index is 1500. The highest BCUT2D eigenvalue weighted by atomic mass is 19.1. The van der Waals surface area contributed by atoms with E-state index < -0.39 is 23.1 Å². The van der Waals surface area contributed by atoms with Crippen LogP contribution in [0.5, 0.6) is 0 Å². The summed E-state index contributed by atoms with van der Waals surface area (Å²) in [6, 6.07) is 12.4. The number of nitriles is 1. The van der Waals surface area contributed by atoms with Crippen LogP contribution in [0.2, 0.25) is 0 Å². The summed E-state index contributed by atoms with van der Waals surface area (Å²) in [5.74, 6) is -2.18. The third-order valence-electron chi connectivity index (χ3n) is 8.28. The van der Waals surface area contributed by atoms with E-state index in [1.54, 1.807) is 29.2 Å². The van der Waals surface area contributed by atoms with E-state index in [0.717, 1.165) is 25.0 Å². The molecule has 2 heterocycles. The summed E-state index contributed by atoms with van der Waals surface area (Å²) in [5, 5.41) is 12.4. The summed E-state index contributed by atoms with van der Waals surface area (Å²) in [6.45, 7) is 2.05. The van der Waals surface area contributed by atoms with Crippen LogP contribution in [0.15, 0.2) is 46.9 Å². The van der Waals surface area contributed by atoms with E-state index >= 15 is 0 Å². The lowest BCUT2D eigenvalue weighted by Gasteiger charge is -2.30. The van der Waals surface area contributed by atoms with Crippen molar-refractivity contribution in [3.05, 3.63) is 65.4 Å². The second-order valence-electron chi connectivity index (χ2n) is 11.0. The summed E-state index contributed by atoms with van der Waals surface area (Å²) in [5.41, 5.74) is 0.828. The van der Waals surface area contributed by atoms with Gasteiger partial charge in [0.25, 0.3) is 5.91 Å². The molecule has 8 nitrogen and oxygen atoms in total. The fraction of sp³-hybridized carbons (Fsp3) is 0.419. The number of hydrogen-bond acceptors (Lipinski definition) is 6. The number of carbonyl (C=O) groups is 2. The monoisotopic (exact) mass is 560 g/mol. The standard InChI is InChI=1S/C31H30F2N4O4/c32-21-9-10-24(25(33)17-21)29-35-26(19-5-7-20(8-6-19)30(39)37-13-15-40-16-14-37)27(41-29)22-3-1-2-4-23(22)28(38)36-31(18-34)11-12-31/h5-10,17,22-23H,1-4,11-16H2,(H,36,38)/t22-,23-/m1/s1. The predicted molar refractivity (Wildman–Crippen MR) is 144 cm³/mol. The third-order valence-corrected chi connectivity index (χ3v) is 8.28. The van der Waals surface area contributed by atoms with Gasteiger partial charge in [-0.05, 0) is 49.9 Å². The van der Waals surface area contributed by atoms with Crippen molar-refractivity contribution in [2.24, 2.45) is 5.92 Å². The molecule has 2 amide bonds. The van der Waals surface area contributed by atoms with Crippen LogP contribution in [0.4, 0.5) is 8.78 Å². The van der Waals surface area contributed by atoms with Gasteiger partial charge in [-0.25, -0.2) is 13.8 Å². The highest BCUT2D eigenvalue weighted by molar-refractivity contribution is 5.94. The highest BCUT2D eigenvalue weighted by Gasteiger charge is 2.47. The number of oxazole rings is 1. The van der Waals surface area contributed by atoms with Crippen molar-refractivity contribution in [1.29, 1.82) is 5.26 Å². The first kappa shape index (κ1) is 27.1. The molecular weight excluding hydrogens is 530 g/mol. The number of hydrogen-bond donors (Lipinski definition) is 1. The van der Waals surface area contributed by atoms with Gasteiger partial charge in [0.15, 0.2) is 0 Å². The van der Waals surface area contributed by atoms with Gasteiger partial charge < -0.3 is 19.4 Å². The van der Waals surface area contributed by atoms with Crippen LogP contribution in [0.3, 0.4) is 0 Å². The van der Waals surface area contributed by atoms with Gasteiger partial charge in [-0.1, -0.05) is 25.0 Å². The van der Waals surface area contributed by atoms with Crippen molar-refractivity contribution in [2.75, 3.05) is 26.3 Å². The lowest BCUT2D eigenvalue weighted by molar-refractivity contribution is -0.127. The van der Waals surface area contributed by atoms with E-state index in [9.17, 15) is 23.6 Å². The van der Waals surface area contributed by atoms with Crippen LogP contribution in [-0.4, -0.2) is 53.5 Å². The van der Waals surface area contributed by atoms with E-state index in [0.29, 0.717) is 74.6 Å². The number of aromatic nitrogens is 1. The maximum absolute atomic E-state index is 14.8. The van der Waals surface area contributed by atoms with Crippen LogP contribution in [0.1, 0.15) is 60.6 Å². The second-order valence-corrected chi connectivity index (χ2v) is 11.0. The maximum atomic E-state index is 14.8. The zero-order chi connectivity index (χ0) is 28.6. The molecular formula is C31H30F2N4O4. The Balaban J connectivity index is 1.37. The smallest absolute Gasteiger partial charge is 0.254 e. The topological polar surface area (TPSA) is 108 Å². The first-order valence-electron chi connectivity index (χ1n) is 14.0. The molecule has 2 atom stereocenters. The van der Waals surface area contributed by atoms with Crippen LogP contribution in [-0.2, 0) is 9.53 Å². The second kappa shape index (κ2) is 11.1. The number of rotatable bonds is 6. The number of amides is 2. The SMILES string of the molecule is N#CC1(NC(=O)[C@@H]2CCCC[C@H]2c2oc(-c3ccc(F)cc3F)nc2-c2ccc(C(=O)N3CCOCC3)cc2)CC1. The Labute approximate surface area is 236 Å². The van der Waals surface area contributed by atoms with Crippen LogP contribution < -0.4 is 5.32 Å². The van der Waals surface area contributed by atoms with E-state index in [1.807, 2.05) is 0 Å². The Morgan fingerprint density at radius 3 is 2.46 bits per heavy atom. The molecule has 0 bridgehead atoms. The fourth-order valence-corrected chi connectivity index (χ4v) is 5.76. The summed E-state index contributed by atoms with van der Waals surface area (Å²) >= 11 is 0. The molecule has 0 radical (unpaired) electrons. The number of ether oxygens (including phenoxy) is 1. The Morgan fingerprint density at radius 1 is 1.05 bits per heavy atom. The van der Waals surface area contributed by atoms with Crippen molar-refractivity contribution in [3.8, 4) is 28.8 Å². The third kappa shape index (κ3) is 5.46. The Morgan fingerprint density at radius 2 is 1.78 bits per heavy atom.